The first-order valence-corrected chi connectivity index (χ1v) is 7.28. The number of hydrogen-bond donors (Lipinski definition) is 1. The molecule has 0 aromatic carbocycles. The predicted molar refractivity (Wildman–Crippen MR) is 72.2 cm³/mol. The van der Waals surface area contributed by atoms with Crippen molar-refractivity contribution in [2.45, 2.75) is 38.8 Å². The molecule has 0 atom stereocenters. The van der Waals surface area contributed by atoms with E-state index in [4.69, 9.17) is 4.42 Å². The Kier molecular flexibility index (Phi) is 3.71. The minimum atomic E-state index is 0.825. The summed E-state index contributed by atoms with van der Waals surface area (Å²) in [4.78, 5) is 2.61. The summed E-state index contributed by atoms with van der Waals surface area (Å²) < 4.78 is 5.85. The van der Waals surface area contributed by atoms with Crippen molar-refractivity contribution >= 4 is 0 Å². The Morgan fingerprint density at radius 2 is 1.72 bits per heavy atom. The van der Waals surface area contributed by atoms with Crippen LogP contribution < -0.4 is 5.32 Å². The third-order valence-corrected chi connectivity index (χ3v) is 3.87. The first-order chi connectivity index (χ1) is 8.83. The van der Waals surface area contributed by atoms with Crippen molar-refractivity contribution in [3.8, 4) is 0 Å². The van der Waals surface area contributed by atoms with Gasteiger partial charge in [-0.25, -0.2) is 0 Å². The summed E-state index contributed by atoms with van der Waals surface area (Å²) in [5.41, 5.74) is 0. The van der Waals surface area contributed by atoms with Crippen molar-refractivity contribution < 1.29 is 4.42 Å². The van der Waals surface area contributed by atoms with Gasteiger partial charge < -0.3 is 9.73 Å². The first kappa shape index (κ1) is 12.2. The summed E-state index contributed by atoms with van der Waals surface area (Å²) in [5.74, 6) is 4.11. The van der Waals surface area contributed by atoms with Gasteiger partial charge in [-0.3, -0.25) is 4.90 Å². The van der Waals surface area contributed by atoms with Crippen molar-refractivity contribution in [1.29, 1.82) is 0 Å². The van der Waals surface area contributed by atoms with Crippen LogP contribution in [0, 0.1) is 11.8 Å². The number of furan rings is 1. The molecule has 2 aliphatic rings. The van der Waals surface area contributed by atoms with Gasteiger partial charge >= 0.3 is 0 Å². The van der Waals surface area contributed by atoms with Crippen LogP contribution in [0.2, 0.25) is 0 Å². The van der Waals surface area contributed by atoms with E-state index in [1.807, 2.05) is 7.05 Å². The van der Waals surface area contributed by atoms with E-state index in [1.54, 1.807) is 0 Å². The van der Waals surface area contributed by atoms with Crippen LogP contribution in [0.25, 0.3) is 0 Å². The largest absolute Gasteiger partial charge is 0.463 e. The van der Waals surface area contributed by atoms with E-state index in [0.717, 1.165) is 36.4 Å². The topological polar surface area (TPSA) is 28.4 Å². The average molecular weight is 248 g/mol. The zero-order valence-electron chi connectivity index (χ0n) is 11.3. The Labute approximate surface area is 110 Å². The molecule has 0 amide bonds. The molecule has 2 fully saturated rings. The molecule has 2 saturated carbocycles. The molecule has 3 nitrogen and oxygen atoms in total. The fraction of sp³-hybridized carbons (Fsp3) is 0.733. The molecule has 1 aromatic heterocycles. The minimum Gasteiger partial charge on any atom is -0.463 e. The van der Waals surface area contributed by atoms with E-state index < -0.39 is 0 Å². The number of rotatable bonds is 8. The van der Waals surface area contributed by atoms with Gasteiger partial charge in [0.15, 0.2) is 0 Å². The normalized spacial score (nSPS) is 19.7. The van der Waals surface area contributed by atoms with Gasteiger partial charge in [-0.15, -0.1) is 0 Å². The molecule has 0 radical (unpaired) electrons. The van der Waals surface area contributed by atoms with Crippen molar-refractivity contribution in [3.63, 3.8) is 0 Å². The molecular formula is C15H24N2O. The second-order valence-corrected chi connectivity index (χ2v) is 5.98. The zero-order chi connectivity index (χ0) is 12.4. The number of hydrogen-bond acceptors (Lipinski definition) is 3. The quantitative estimate of drug-likeness (QED) is 0.766. The molecule has 0 unspecified atom stereocenters. The van der Waals surface area contributed by atoms with Gasteiger partial charge in [-0.05, 0) is 56.7 Å². The Balaban J connectivity index is 1.54. The highest BCUT2D eigenvalue weighted by molar-refractivity contribution is 5.07. The fourth-order valence-electron chi connectivity index (χ4n) is 2.53. The highest BCUT2D eigenvalue weighted by Gasteiger charge is 2.29. The molecule has 1 heterocycles. The maximum atomic E-state index is 5.85. The van der Waals surface area contributed by atoms with Crippen LogP contribution in [-0.4, -0.2) is 25.0 Å². The van der Waals surface area contributed by atoms with E-state index in [-0.39, 0.29) is 0 Å². The predicted octanol–water partition coefficient (Wildman–Crippen LogP) is 2.62. The molecule has 0 saturated heterocycles. The van der Waals surface area contributed by atoms with Gasteiger partial charge in [0.05, 0.1) is 13.1 Å². The Bertz CT molecular complexity index is 366. The third-order valence-electron chi connectivity index (χ3n) is 3.87. The summed E-state index contributed by atoms with van der Waals surface area (Å²) >= 11 is 0. The van der Waals surface area contributed by atoms with Crippen LogP contribution in [0.15, 0.2) is 16.5 Å². The number of nitrogens with one attached hydrogen (secondary N) is 1. The first-order valence-electron chi connectivity index (χ1n) is 7.28. The van der Waals surface area contributed by atoms with Crippen LogP contribution in [0.4, 0.5) is 0 Å². The van der Waals surface area contributed by atoms with Gasteiger partial charge in [0.25, 0.3) is 0 Å². The van der Waals surface area contributed by atoms with E-state index >= 15 is 0 Å². The Morgan fingerprint density at radius 1 is 1.11 bits per heavy atom. The molecule has 1 N–H and O–H groups in total. The highest BCUT2D eigenvalue weighted by atomic mass is 16.3. The van der Waals surface area contributed by atoms with Crippen molar-refractivity contribution in [2.24, 2.45) is 11.8 Å². The van der Waals surface area contributed by atoms with Crippen molar-refractivity contribution in [3.05, 3.63) is 23.7 Å². The van der Waals surface area contributed by atoms with Crippen LogP contribution in [-0.2, 0) is 13.1 Å². The maximum Gasteiger partial charge on any atom is 0.118 e. The van der Waals surface area contributed by atoms with Crippen molar-refractivity contribution in [2.75, 3.05) is 20.1 Å². The molecule has 0 bridgehead atoms. The van der Waals surface area contributed by atoms with Crippen LogP contribution in [0.1, 0.15) is 37.2 Å². The molecule has 2 aliphatic carbocycles. The summed E-state index contributed by atoms with van der Waals surface area (Å²) in [6.07, 6.45) is 5.74. The van der Waals surface area contributed by atoms with Gasteiger partial charge in [-0.2, -0.15) is 0 Å². The lowest BCUT2D eigenvalue weighted by molar-refractivity contribution is 0.223. The Morgan fingerprint density at radius 3 is 2.28 bits per heavy atom. The summed E-state index contributed by atoms with van der Waals surface area (Å²) in [6, 6.07) is 4.23. The minimum absolute atomic E-state index is 0.825. The van der Waals surface area contributed by atoms with E-state index in [1.165, 1.54) is 38.8 Å². The monoisotopic (exact) mass is 248 g/mol. The molecule has 100 valence electrons. The second-order valence-electron chi connectivity index (χ2n) is 5.98. The molecule has 1 aromatic rings. The lowest BCUT2D eigenvalue weighted by Crippen LogP contribution is -2.27. The van der Waals surface area contributed by atoms with Gasteiger partial charge in [-0.1, -0.05) is 0 Å². The summed E-state index contributed by atoms with van der Waals surface area (Å²) in [7, 11) is 1.95. The lowest BCUT2D eigenvalue weighted by Gasteiger charge is -2.20. The van der Waals surface area contributed by atoms with Crippen LogP contribution in [0.3, 0.4) is 0 Å². The highest BCUT2D eigenvalue weighted by Crippen LogP contribution is 2.34. The average Bonchev–Trinajstić information content (AvgIpc) is 3.24. The van der Waals surface area contributed by atoms with Crippen LogP contribution >= 0.6 is 0 Å². The molecular weight excluding hydrogens is 224 g/mol. The van der Waals surface area contributed by atoms with Crippen LogP contribution in [0.5, 0.6) is 0 Å². The Hall–Kier alpha value is -0.800. The van der Waals surface area contributed by atoms with Gasteiger partial charge in [0.2, 0.25) is 0 Å². The second kappa shape index (κ2) is 5.45. The molecule has 0 aliphatic heterocycles. The molecule has 3 rings (SSSR count). The standard InChI is InChI=1S/C15H24N2O/c1-16-8-14-6-7-15(18-14)11-17(9-12-2-3-12)10-13-4-5-13/h6-7,12-13,16H,2-5,8-11H2,1H3. The summed E-state index contributed by atoms with van der Waals surface area (Å²) in [6.45, 7) is 4.37. The fourth-order valence-corrected chi connectivity index (χ4v) is 2.53. The van der Waals surface area contributed by atoms with E-state index in [9.17, 15) is 0 Å². The van der Waals surface area contributed by atoms with Gasteiger partial charge in [0, 0.05) is 13.1 Å². The molecule has 3 heteroatoms. The lowest BCUT2D eigenvalue weighted by atomic mass is 10.3. The van der Waals surface area contributed by atoms with Crippen molar-refractivity contribution in [1.82, 2.24) is 10.2 Å². The molecule has 18 heavy (non-hydrogen) atoms. The number of nitrogens with zero attached hydrogens (tertiary/aromatic N) is 1. The third kappa shape index (κ3) is 3.59. The maximum absolute atomic E-state index is 5.85. The van der Waals surface area contributed by atoms with E-state index in [0.29, 0.717) is 0 Å². The van der Waals surface area contributed by atoms with E-state index in [2.05, 4.69) is 22.3 Å². The smallest absolute Gasteiger partial charge is 0.118 e. The summed E-state index contributed by atoms with van der Waals surface area (Å²) in [5, 5.41) is 3.13. The van der Waals surface area contributed by atoms with Gasteiger partial charge in [0.1, 0.15) is 11.5 Å². The molecule has 0 spiro atoms. The SMILES string of the molecule is CNCc1ccc(CN(CC2CC2)CC2CC2)o1. The zero-order valence-corrected chi connectivity index (χ0v) is 11.3.